The number of carbonyl (C=O) groups is 1. The molecule has 0 bridgehead atoms. The van der Waals surface area contributed by atoms with Crippen LogP contribution in [0.5, 0.6) is 0 Å². The van der Waals surface area contributed by atoms with Gasteiger partial charge in [0, 0.05) is 31.2 Å². The summed E-state index contributed by atoms with van der Waals surface area (Å²) in [4.78, 5) is 39.9. The second-order valence-electron chi connectivity index (χ2n) is 8.56. The smallest absolute Gasteiger partial charge is 0.261 e. The largest absolute Gasteiger partial charge is 0.367 e. The number of nitrogens with one attached hydrogen (secondary N) is 3. The Kier molecular flexibility index (Phi) is 10.8. The highest BCUT2D eigenvalue weighted by Crippen LogP contribution is 2.21. The maximum Gasteiger partial charge on any atom is 0.261 e. The molecular formula is C24H38N8O2. The van der Waals surface area contributed by atoms with Crippen LogP contribution in [-0.2, 0) is 6.54 Å². The Morgan fingerprint density at radius 1 is 1.26 bits per heavy atom. The lowest BCUT2D eigenvalue weighted by atomic mass is 10.2. The van der Waals surface area contributed by atoms with Crippen molar-refractivity contribution in [3.05, 3.63) is 45.5 Å². The van der Waals surface area contributed by atoms with Gasteiger partial charge in [-0.3, -0.25) is 14.5 Å². The fraction of sp³-hybridized carbons (Fsp3) is 0.583. The highest BCUT2D eigenvalue weighted by molar-refractivity contribution is 5.92. The summed E-state index contributed by atoms with van der Waals surface area (Å²) in [5, 5.41) is 10.5. The Labute approximate surface area is 201 Å². The molecule has 0 radical (unpaired) electrons. The van der Waals surface area contributed by atoms with Crippen molar-refractivity contribution in [2.24, 2.45) is 11.7 Å². The van der Waals surface area contributed by atoms with Gasteiger partial charge in [0.2, 0.25) is 0 Å². The van der Waals surface area contributed by atoms with Gasteiger partial charge >= 0.3 is 0 Å². The highest BCUT2D eigenvalue weighted by atomic mass is 16.1. The van der Waals surface area contributed by atoms with E-state index in [-0.39, 0.29) is 5.56 Å². The zero-order chi connectivity index (χ0) is 25.1. The van der Waals surface area contributed by atoms with Crippen LogP contribution in [0.3, 0.4) is 0 Å². The summed E-state index contributed by atoms with van der Waals surface area (Å²) >= 11 is 0. The third-order valence-electron chi connectivity index (χ3n) is 5.78. The summed E-state index contributed by atoms with van der Waals surface area (Å²) in [6.07, 6.45) is 9.95. The van der Waals surface area contributed by atoms with Gasteiger partial charge in [-0.05, 0) is 38.6 Å². The number of amides is 1. The zero-order valence-electron chi connectivity index (χ0n) is 20.7. The molecule has 34 heavy (non-hydrogen) atoms. The maximum absolute atomic E-state index is 11.6. The SMILES string of the molecule is CC.CC1CCN(Cc2ncc(C(N)=O)cn2)C1.Cc1nc(NC2CCCC2)c(C=N)c(=O)[nH]1. The molecule has 1 aliphatic carbocycles. The number of aryl methyl sites for hydroxylation is 1. The van der Waals surface area contributed by atoms with Crippen LogP contribution in [0.15, 0.2) is 17.2 Å². The van der Waals surface area contributed by atoms with Crippen molar-refractivity contribution in [2.45, 2.75) is 72.4 Å². The first-order chi connectivity index (χ1) is 16.4. The number of aromatic nitrogens is 4. The first-order valence-electron chi connectivity index (χ1n) is 12.1. The number of carbonyl (C=O) groups excluding carboxylic acids is 1. The van der Waals surface area contributed by atoms with Crippen molar-refractivity contribution in [1.82, 2.24) is 24.8 Å². The van der Waals surface area contributed by atoms with Gasteiger partial charge in [-0.15, -0.1) is 0 Å². The average molecular weight is 471 g/mol. The highest BCUT2D eigenvalue weighted by Gasteiger charge is 2.19. The van der Waals surface area contributed by atoms with Crippen molar-refractivity contribution in [3.8, 4) is 0 Å². The Morgan fingerprint density at radius 3 is 2.44 bits per heavy atom. The zero-order valence-corrected chi connectivity index (χ0v) is 20.7. The third kappa shape index (κ3) is 8.02. The van der Waals surface area contributed by atoms with Gasteiger partial charge < -0.3 is 21.4 Å². The molecule has 3 heterocycles. The number of rotatable bonds is 6. The predicted molar refractivity (Wildman–Crippen MR) is 134 cm³/mol. The van der Waals surface area contributed by atoms with Crippen molar-refractivity contribution < 1.29 is 4.79 Å². The average Bonchev–Trinajstić information content (AvgIpc) is 3.47. The summed E-state index contributed by atoms with van der Waals surface area (Å²) in [6.45, 7) is 10.9. The number of nitrogens with zero attached hydrogens (tertiary/aromatic N) is 4. The minimum Gasteiger partial charge on any atom is -0.367 e. The molecule has 1 amide bonds. The molecule has 1 saturated heterocycles. The molecule has 186 valence electrons. The van der Waals surface area contributed by atoms with Crippen molar-refractivity contribution in [3.63, 3.8) is 0 Å². The van der Waals surface area contributed by atoms with Crippen LogP contribution >= 0.6 is 0 Å². The second-order valence-corrected chi connectivity index (χ2v) is 8.56. The van der Waals surface area contributed by atoms with Crippen LogP contribution in [0.1, 0.15) is 80.4 Å². The number of H-pyrrole nitrogens is 1. The molecule has 2 fully saturated rings. The lowest BCUT2D eigenvalue weighted by molar-refractivity contribution is 0.0999. The minimum atomic E-state index is -0.485. The van der Waals surface area contributed by atoms with E-state index in [1.807, 2.05) is 13.8 Å². The predicted octanol–water partition coefficient (Wildman–Crippen LogP) is 2.87. The Hall–Kier alpha value is -3.14. The summed E-state index contributed by atoms with van der Waals surface area (Å²) in [7, 11) is 0. The van der Waals surface area contributed by atoms with E-state index in [2.05, 4.69) is 37.1 Å². The Balaban J connectivity index is 0.000000224. The molecule has 1 saturated carbocycles. The summed E-state index contributed by atoms with van der Waals surface area (Å²) in [5.74, 6) is 2.14. The van der Waals surface area contributed by atoms with Crippen LogP contribution in [-0.4, -0.2) is 56.1 Å². The molecule has 1 atom stereocenters. The first kappa shape index (κ1) is 27.1. The fourth-order valence-electron chi connectivity index (χ4n) is 4.04. The topological polar surface area (TPSA) is 154 Å². The number of nitrogens with two attached hydrogens (primary N) is 1. The number of hydrogen-bond acceptors (Lipinski definition) is 8. The molecule has 2 aliphatic rings. The maximum atomic E-state index is 11.6. The molecule has 1 aliphatic heterocycles. The molecule has 2 aromatic heterocycles. The van der Waals surface area contributed by atoms with E-state index in [9.17, 15) is 9.59 Å². The van der Waals surface area contributed by atoms with Crippen LogP contribution in [0, 0.1) is 18.3 Å². The summed E-state index contributed by atoms with van der Waals surface area (Å²) in [5.41, 5.74) is 5.55. The number of hydrogen-bond donors (Lipinski definition) is 4. The molecule has 4 rings (SSSR count). The third-order valence-corrected chi connectivity index (χ3v) is 5.78. The molecule has 10 nitrogen and oxygen atoms in total. The molecule has 1 unspecified atom stereocenters. The van der Waals surface area contributed by atoms with E-state index in [0.717, 1.165) is 50.4 Å². The van der Waals surface area contributed by atoms with Crippen molar-refractivity contribution >= 4 is 17.9 Å². The number of aromatic amines is 1. The van der Waals surface area contributed by atoms with Gasteiger partial charge in [-0.2, -0.15) is 0 Å². The molecule has 0 aromatic carbocycles. The van der Waals surface area contributed by atoms with E-state index in [1.165, 1.54) is 31.7 Å². The molecule has 5 N–H and O–H groups in total. The normalized spacial score (nSPS) is 17.8. The van der Waals surface area contributed by atoms with Gasteiger partial charge in [0.05, 0.1) is 17.7 Å². The number of anilines is 1. The lowest BCUT2D eigenvalue weighted by Gasteiger charge is -2.14. The van der Waals surface area contributed by atoms with Crippen LogP contribution in [0.4, 0.5) is 5.82 Å². The van der Waals surface area contributed by atoms with Gasteiger partial charge in [-0.25, -0.2) is 15.0 Å². The number of likely N-dealkylation sites (tertiary alicyclic amines) is 1. The fourth-order valence-corrected chi connectivity index (χ4v) is 4.04. The van der Waals surface area contributed by atoms with Gasteiger partial charge in [0.1, 0.15) is 17.5 Å². The summed E-state index contributed by atoms with van der Waals surface area (Å²) in [6, 6.07) is 0.396. The van der Waals surface area contributed by atoms with E-state index < -0.39 is 5.91 Å². The summed E-state index contributed by atoms with van der Waals surface area (Å²) < 4.78 is 0. The van der Waals surface area contributed by atoms with Crippen LogP contribution < -0.4 is 16.6 Å². The van der Waals surface area contributed by atoms with Crippen LogP contribution in [0.2, 0.25) is 0 Å². The molecule has 0 spiro atoms. The van der Waals surface area contributed by atoms with E-state index in [1.54, 1.807) is 6.92 Å². The Bertz CT molecular complexity index is 983. The van der Waals surface area contributed by atoms with E-state index >= 15 is 0 Å². The first-order valence-corrected chi connectivity index (χ1v) is 12.1. The number of primary amides is 1. The molecule has 2 aromatic rings. The Morgan fingerprint density at radius 2 is 1.91 bits per heavy atom. The molecule has 10 heteroatoms. The van der Waals surface area contributed by atoms with E-state index in [0.29, 0.717) is 28.8 Å². The minimum absolute atomic E-state index is 0.247. The van der Waals surface area contributed by atoms with Gasteiger partial charge in [-0.1, -0.05) is 33.6 Å². The monoisotopic (exact) mass is 470 g/mol. The van der Waals surface area contributed by atoms with Crippen LogP contribution in [0.25, 0.3) is 0 Å². The van der Waals surface area contributed by atoms with E-state index in [4.69, 9.17) is 11.1 Å². The molecular weight excluding hydrogens is 432 g/mol. The van der Waals surface area contributed by atoms with Gasteiger partial charge in [0.15, 0.2) is 0 Å². The van der Waals surface area contributed by atoms with Gasteiger partial charge in [0.25, 0.3) is 11.5 Å². The second kappa shape index (κ2) is 13.5. The van der Waals surface area contributed by atoms with Crippen molar-refractivity contribution in [1.29, 1.82) is 5.41 Å². The standard InChI is InChI=1S/2C11H16N4O.C2H6/c1-8-2-3-15(6-8)7-10-13-4-9(5-14-10)11(12)16;1-7-13-10(9(6-12)11(16)14-7)15-8-4-2-3-5-8;1-2/h4-5,8H,2-3,6-7H2,1H3,(H2,12,16);6,8,12H,2-5H2,1H3,(H2,13,14,15,16);1-2H3. The van der Waals surface area contributed by atoms with Crippen molar-refractivity contribution in [2.75, 3.05) is 18.4 Å². The quantitative estimate of drug-likeness (QED) is 0.473. The lowest BCUT2D eigenvalue weighted by Crippen LogP contribution is -2.23.